The van der Waals surface area contributed by atoms with Crippen LogP contribution in [0.2, 0.25) is 0 Å². The Morgan fingerprint density at radius 1 is 1.05 bits per heavy atom. The molecule has 3 aromatic rings. The summed E-state index contributed by atoms with van der Waals surface area (Å²) in [6.07, 6.45) is 0. The lowest BCUT2D eigenvalue weighted by Gasteiger charge is -2.08. The molecule has 0 amide bonds. The van der Waals surface area contributed by atoms with E-state index in [0.29, 0.717) is 4.88 Å². The lowest BCUT2D eigenvalue weighted by molar-refractivity contribution is 0.0976. The zero-order valence-electron chi connectivity index (χ0n) is 10.1. The fourth-order valence-corrected chi connectivity index (χ4v) is 2.72. The first-order valence-electron chi connectivity index (χ1n) is 5.91. The molecule has 19 heavy (non-hydrogen) atoms. The Kier molecular flexibility index (Phi) is 3.01. The average molecular weight is 269 g/mol. The van der Waals surface area contributed by atoms with E-state index in [-0.39, 0.29) is 17.9 Å². The number of fused-ring (bicyclic) bond motifs is 1. The fourth-order valence-electron chi connectivity index (χ4n) is 2.07. The smallest absolute Gasteiger partial charge is 0.251 e. The number of carbonyl (C=O) groups is 1. The molecule has 0 N–H and O–H groups in total. The average Bonchev–Trinajstić information content (AvgIpc) is 2.96. The van der Waals surface area contributed by atoms with Crippen LogP contribution in [0, 0.1) is 0 Å². The highest BCUT2D eigenvalue weighted by Crippen LogP contribution is 2.14. The molecule has 0 saturated carbocycles. The highest BCUT2D eigenvalue weighted by atomic mass is 32.1. The number of rotatable bonds is 3. The first-order valence-corrected chi connectivity index (χ1v) is 6.79. The van der Waals surface area contributed by atoms with Gasteiger partial charge in [-0.2, -0.15) is 0 Å². The number of hydrogen-bond acceptors (Lipinski definition) is 3. The molecular formula is C15H11NO2S. The van der Waals surface area contributed by atoms with Gasteiger partial charge >= 0.3 is 0 Å². The Labute approximate surface area is 113 Å². The van der Waals surface area contributed by atoms with Crippen molar-refractivity contribution in [2.24, 2.45) is 0 Å². The maximum absolute atomic E-state index is 12.1. The van der Waals surface area contributed by atoms with Crippen molar-refractivity contribution in [2.75, 3.05) is 0 Å². The quantitative estimate of drug-likeness (QED) is 0.686. The molecule has 2 heterocycles. The predicted molar refractivity (Wildman–Crippen MR) is 76.9 cm³/mol. The first-order chi connectivity index (χ1) is 9.25. The maximum atomic E-state index is 12.1. The normalized spacial score (nSPS) is 10.7. The van der Waals surface area contributed by atoms with Gasteiger partial charge in [-0.15, -0.1) is 11.3 Å². The molecule has 0 bridgehead atoms. The maximum Gasteiger partial charge on any atom is 0.251 e. The second kappa shape index (κ2) is 4.82. The van der Waals surface area contributed by atoms with E-state index in [2.05, 4.69) is 0 Å². The number of nitrogens with zero attached hydrogens (tertiary/aromatic N) is 1. The minimum atomic E-state index is -0.149. The number of para-hydroxylation sites is 1. The van der Waals surface area contributed by atoms with Crippen LogP contribution in [0.1, 0.15) is 9.67 Å². The second-order valence-corrected chi connectivity index (χ2v) is 5.16. The molecule has 0 aliphatic heterocycles. The van der Waals surface area contributed by atoms with Gasteiger partial charge in [0.05, 0.1) is 16.9 Å². The van der Waals surface area contributed by atoms with Crippen LogP contribution in [-0.2, 0) is 6.54 Å². The topological polar surface area (TPSA) is 39.1 Å². The van der Waals surface area contributed by atoms with Gasteiger partial charge in [0.15, 0.2) is 5.78 Å². The van der Waals surface area contributed by atoms with Crippen LogP contribution < -0.4 is 5.56 Å². The molecule has 4 heteroatoms. The van der Waals surface area contributed by atoms with Gasteiger partial charge in [-0.05, 0) is 29.0 Å². The number of benzene rings is 1. The molecule has 3 rings (SSSR count). The lowest BCUT2D eigenvalue weighted by atomic mass is 10.2. The van der Waals surface area contributed by atoms with Crippen molar-refractivity contribution in [1.82, 2.24) is 4.57 Å². The summed E-state index contributed by atoms with van der Waals surface area (Å²) in [5.41, 5.74) is 0.642. The minimum absolute atomic E-state index is 0.0338. The molecule has 0 saturated heterocycles. The SMILES string of the molecule is O=C(Cn1c(=O)ccc2ccccc21)c1cccs1. The molecular weight excluding hydrogens is 258 g/mol. The van der Waals surface area contributed by atoms with Crippen molar-refractivity contribution in [1.29, 1.82) is 0 Å². The zero-order chi connectivity index (χ0) is 13.2. The van der Waals surface area contributed by atoms with Gasteiger partial charge in [0.1, 0.15) is 0 Å². The fraction of sp³-hybridized carbons (Fsp3) is 0.0667. The lowest BCUT2D eigenvalue weighted by Crippen LogP contribution is -2.23. The van der Waals surface area contributed by atoms with Crippen molar-refractivity contribution in [3.63, 3.8) is 0 Å². The van der Waals surface area contributed by atoms with E-state index in [1.807, 2.05) is 35.7 Å². The van der Waals surface area contributed by atoms with E-state index in [4.69, 9.17) is 0 Å². The Bertz CT molecular complexity index is 787. The van der Waals surface area contributed by atoms with Gasteiger partial charge in [0.25, 0.3) is 5.56 Å². The van der Waals surface area contributed by atoms with Crippen LogP contribution in [0.5, 0.6) is 0 Å². The van der Waals surface area contributed by atoms with E-state index in [1.165, 1.54) is 22.0 Å². The van der Waals surface area contributed by atoms with Gasteiger partial charge in [0, 0.05) is 6.07 Å². The van der Waals surface area contributed by atoms with Crippen LogP contribution in [0.4, 0.5) is 0 Å². The number of aromatic nitrogens is 1. The Hall–Kier alpha value is -2.20. The van der Waals surface area contributed by atoms with Crippen molar-refractivity contribution in [3.05, 3.63) is 69.1 Å². The number of pyridine rings is 1. The number of thiophene rings is 1. The van der Waals surface area contributed by atoms with Crippen LogP contribution >= 0.6 is 11.3 Å². The molecule has 1 aromatic carbocycles. The standard InChI is InChI=1S/C15H11NO2S/c17-13(14-6-3-9-19-14)10-16-12-5-2-1-4-11(12)7-8-15(16)18/h1-9H,10H2. The third-order valence-electron chi connectivity index (χ3n) is 3.00. The highest BCUT2D eigenvalue weighted by Gasteiger charge is 2.10. The monoisotopic (exact) mass is 269 g/mol. The Balaban J connectivity index is 2.08. The molecule has 0 unspecified atom stereocenters. The van der Waals surface area contributed by atoms with E-state index in [1.54, 1.807) is 12.1 Å². The second-order valence-electron chi connectivity index (χ2n) is 4.22. The summed E-state index contributed by atoms with van der Waals surface area (Å²) >= 11 is 1.40. The molecule has 0 fully saturated rings. The van der Waals surface area contributed by atoms with Crippen LogP contribution in [0.3, 0.4) is 0 Å². The van der Waals surface area contributed by atoms with Crippen LogP contribution in [0.15, 0.2) is 58.7 Å². The number of hydrogen-bond donors (Lipinski definition) is 0. The van der Waals surface area contributed by atoms with E-state index < -0.39 is 0 Å². The van der Waals surface area contributed by atoms with Crippen molar-refractivity contribution >= 4 is 28.0 Å². The van der Waals surface area contributed by atoms with E-state index in [0.717, 1.165) is 10.9 Å². The van der Waals surface area contributed by atoms with Crippen LogP contribution in [-0.4, -0.2) is 10.4 Å². The van der Waals surface area contributed by atoms with Crippen LogP contribution in [0.25, 0.3) is 10.9 Å². The first kappa shape index (κ1) is 11.9. The van der Waals surface area contributed by atoms with Gasteiger partial charge in [-0.3, -0.25) is 9.59 Å². The van der Waals surface area contributed by atoms with Gasteiger partial charge in [-0.25, -0.2) is 0 Å². The molecule has 0 radical (unpaired) electrons. The minimum Gasteiger partial charge on any atom is -0.300 e. The molecule has 2 aromatic heterocycles. The molecule has 0 atom stereocenters. The number of carbonyl (C=O) groups excluding carboxylic acids is 1. The summed E-state index contributed by atoms with van der Waals surface area (Å²) in [7, 11) is 0. The molecule has 94 valence electrons. The third-order valence-corrected chi connectivity index (χ3v) is 3.91. The summed E-state index contributed by atoms with van der Waals surface area (Å²) in [6, 6.07) is 14.5. The summed E-state index contributed by atoms with van der Waals surface area (Å²) in [6.45, 7) is 0.0840. The van der Waals surface area contributed by atoms with Gasteiger partial charge < -0.3 is 4.57 Å². The third kappa shape index (κ3) is 2.22. The largest absolute Gasteiger partial charge is 0.300 e. The zero-order valence-corrected chi connectivity index (χ0v) is 10.9. The van der Waals surface area contributed by atoms with Crippen molar-refractivity contribution in [3.8, 4) is 0 Å². The predicted octanol–water partition coefficient (Wildman–Crippen LogP) is 2.95. The number of ketones is 1. The van der Waals surface area contributed by atoms with Crippen molar-refractivity contribution in [2.45, 2.75) is 6.54 Å². The summed E-state index contributed by atoms with van der Waals surface area (Å²) < 4.78 is 1.53. The molecule has 0 aliphatic carbocycles. The summed E-state index contributed by atoms with van der Waals surface area (Å²) in [5, 5.41) is 2.82. The molecule has 0 spiro atoms. The summed E-state index contributed by atoms with van der Waals surface area (Å²) in [4.78, 5) is 24.8. The summed E-state index contributed by atoms with van der Waals surface area (Å²) in [5.74, 6) is -0.0338. The van der Waals surface area contributed by atoms with Gasteiger partial charge in [-0.1, -0.05) is 24.3 Å². The van der Waals surface area contributed by atoms with Gasteiger partial charge in [0.2, 0.25) is 0 Å². The highest BCUT2D eigenvalue weighted by molar-refractivity contribution is 7.12. The molecule has 0 aliphatic rings. The Morgan fingerprint density at radius 3 is 2.68 bits per heavy atom. The molecule has 3 nitrogen and oxygen atoms in total. The number of Topliss-reactive ketones (excluding diaryl/α,β-unsaturated/α-hetero) is 1. The Morgan fingerprint density at radius 2 is 1.89 bits per heavy atom. The van der Waals surface area contributed by atoms with E-state index >= 15 is 0 Å². The van der Waals surface area contributed by atoms with E-state index in [9.17, 15) is 9.59 Å². The van der Waals surface area contributed by atoms with Crippen molar-refractivity contribution < 1.29 is 4.79 Å².